The highest BCUT2D eigenvalue weighted by molar-refractivity contribution is 5.78. The van der Waals surface area contributed by atoms with E-state index in [1.54, 1.807) is 14.2 Å². The summed E-state index contributed by atoms with van der Waals surface area (Å²) in [6, 6.07) is 5.55. The van der Waals surface area contributed by atoms with E-state index in [1.165, 1.54) is 5.57 Å². The van der Waals surface area contributed by atoms with E-state index in [2.05, 4.69) is 33.8 Å². The first-order valence-corrected chi connectivity index (χ1v) is 7.84. The third kappa shape index (κ3) is 3.52. The smallest absolute Gasteiger partial charge is 0.310 e. The average Bonchev–Trinajstić information content (AvgIpc) is 3.04. The van der Waals surface area contributed by atoms with Gasteiger partial charge >= 0.3 is 5.97 Å². The number of carbonyl (C=O) groups is 1. The first-order chi connectivity index (χ1) is 10.8. The largest absolute Gasteiger partial charge is 0.493 e. The van der Waals surface area contributed by atoms with Crippen molar-refractivity contribution in [3.63, 3.8) is 0 Å². The van der Waals surface area contributed by atoms with Gasteiger partial charge in [-0.1, -0.05) is 37.6 Å². The summed E-state index contributed by atoms with van der Waals surface area (Å²) in [5.41, 5.74) is 2.00. The predicted molar refractivity (Wildman–Crippen MR) is 89.5 cm³/mol. The van der Waals surface area contributed by atoms with Gasteiger partial charge in [-0.05, 0) is 31.2 Å². The van der Waals surface area contributed by atoms with Gasteiger partial charge in [0, 0.05) is 5.56 Å². The van der Waals surface area contributed by atoms with Crippen LogP contribution in [0.1, 0.15) is 33.3 Å². The molecule has 1 fully saturated rings. The molecule has 0 saturated heterocycles. The van der Waals surface area contributed by atoms with Gasteiger partial charge in [0.05, 0.1) is 20.1 Å². The topological polar surface area (TPSA) is 44.8 Å². The Balaban J connectivity index is 2.05. The van der Waals surface area contributed by atoms with Crippen LogP contribution in [0.3, 0.4) is 0 Å². The molecule has 2 atom stereocenters. The molecule has 0 N–H and O–H groups in total. The van der Waals surface area contributed by atoms with E-state index in [0.717, 1.165) is 5.56 Å². The highest BCUT2D eigenvalue weighted by Gasteiger charge is 2.61. The van der Waals surface area contributed by atoms with Crippen LogP contribution in [0.15, 0.2) is 29.8 Å². The summed E-state index contributed by atoms with van der Waals surface area (Å²) in [6.45, 7) is 8.51. The van der Waals surface area contributed by atoms with Crippen molar-refractivity contribution in [2.75, 3.05) is 14.2 Å². The van der Waals surface area contributed by atoms with Gasteiger partial charge in [-0.3, -0.25) is 4.79 Å². The van der Waals surface area contributed by atoms with Crippen LogP contribution in [0, 0.1) is 17.3 Å². The molecular weight excluding hydrogens is 292 g/mol. The number of methoxy groups -OCH3 is 2. The van der Waals surface area contributed by atoms with Crippen molar-refractivity contribution in [1.29, 1.82) is 0 Å². The van der Waals surface area contributed by atoms with Gasteiger partial charge in [0.2, 0.25) is 0 Å². The maximum Gasteiger partial charge on any atom is 0.310 e. The first-order valence-electron chi connectivity index (χ1n) is 7.84. The number of carbonyl (C=O) groups excluding carboxylic acids is 1. The summed E-state index contributed by atoms with van der Waals surface area (Å²) in [4.78, 5) is 12.4. The molecule has 4 heteroatoms. The quantitative estimate of drug-likeness (QED) is 0.588. The highest BCUT2D eigenvalue weighted by atomic mass is 16.5. The molecule has 1 saturated carbocycles. The second-order valence-corrected chi connectivity index (χ2v) is 6.83. The number of hydrogen-bond acceptors (Lipinski definition) is 4. The van der Waals surface area contributed by atoms with Gasteiger partial charge in [-0.15, -0.1) is 0 Å². The Morgan fingerprint density at radius 1 is 1.22 bits per heavy atom. The molecule has 1 aromatic rings. The van der Waals surface area contributed by atoms with E-state index < -0.39 is 0 Å². The molecule has 0 amide bonds. The molecule has 0 bridgehead atoms. The lowest BCUT2D eigenvalue weighted by Gasteiger charge is -2.13. The van der Waals surface area contributed by atoms with Crippen molar-refractivity contribution in [1.82, 2.24) is 0 Å². The number of rotatable bonds is 6. The molecule has 23 heavy (non-hydrogen) atoms. The van der Waals surface area contributed by atoms with E-state index in [-0.39, 0.29) is 29.8 Å². The monoisotopic (exact) mass is 318 g/mol. The standard InChI is InChI=1S/C19H26O4/c1-12(2)10-14-16(19(14,3)4)18(20)23-11-13-8-7-9-15(21-5)17(13)22-6/h7-10,14,16H,11H2,1-6H3/t14-,16+/m1/s1. The lowest BCUT2D eigenvalue weighted by molar-refractivity contribution is -0.147. The fraction of sp³-hybridized carbons (Fsp3) is 0.526. The van der Waals surface area contributed by atoms with Gasteiger partial charge in [0.25, 0.3) is 0 Å². The summed E-state index contributed by atoms with van der Waals surface area (Å²) in [5, 5.41) is 0. The molecule has 0 spiro atoms. The molecule has 0 aromatic heterocycles. The number of hydrogen-bond donors (Lipinski definition) is 0. The third-order valence-corrected chi connectivity index (χ3v) is 4.53. The zero-order valence-corrected chi connectivity index (χ0v) is 14.8. The number of esters is 1. The van der Waals surface area contributed by atoms with Crippen molar-refractivity contribution in [3.8, 4) is 11.5 Å². The summed E-state index contributed by atoms with van der Waals surface area (Å²) >= 11 is 0. The fourth-order valence-electron chi connectivity index (χ4n) is 3.10. The molecule has 1 aliphatic carbocycles. The van der Waals surface area contributed by atoms with Gasteiger partial charge in [0.15, 0.2) is 11.5 Å². The van der Waals surface area contributed by atoms with Crippen LogP contribution in [0.5, 0.6) is 11.5 Å². The molecular formula is C19H26O4. The molecule has 0 aliphatic heterocycles. The minimum absolute atomic E-state index is 0.0349. The van der Waals surface area contributed by atoms with E-state index in [9.17, 15) is 4.79 Å². The van der Waals surface area contributed by atoms with Crippen molar-refractivity contribution < 1.29 is 19.0 Å². The average molecular weight is 318 g/mol. The Labute approximate surface area is 138 Å². The summed E-state index contributed by atoms with van der Waals surface area (Å²) in [5.74, 6) is 1.28. The van der Waals surface area contributed by atoms with Gasteiger partial charge in [0.1, 0.15) is 6.61 Å². The van der Waals surface area contributed by atoms with Crippen LogP contribution in [-0.2, 0) is 16.1 Å². The van der Waals surface area contributed by atoms with Crippen LogP contribution in [0.2, 0.25) is 0 Å². The molecule has 0 radical (unpaired) electrons. The van der Waals surface area contributed by atoms with Crippen molar-refractivity contribution in [2.24, 2.45) is 17.3 Å². The zero-order chi connectivity index (χ0) is 17.2. The normalized spacial score (nSPS) is 21.3. The van der Waals surface area contributed by atoms with Crippen LogP contribution >= 0.6 is 0 Å². The number of para-hydroxylation sites is 1. The third-order valence-electron chi connectivity index (χ3n) is 4.53. The second kappa shape index (κ2) is 6.65. The number of ether oxygens (including phenoxy) is 3. The van der Waals surface area contributed by atoms with Crippen LogP contribution in [0.4, 0.5) is 0 Å². The SMILES string of the molecule is COc1cccc(COC(=O)[C@@H]2[C@@H](C=C(C)C)C2(C)C)c1OC. The van der Waals surface area contributed by atoms with Crippen molar-refractivity contribution in [3.05, 3.63) is 35.4 Å². The minimum Gasteiger partial charge on any atom is -0.493 e. The first kappa shape index (κ1) is 17.4. The van der Waals surface area contributed by atoms with Crippen LogP contribution in [-0.4, -0.2) is 20.2 Å². The van der Waals surface area contributed by atoms with Crippen molar-refractivity contribution in [2.45, 2.75) is 34.3 Å². The summed E-state index contributed by atoms with van der Waals surface area (Å²) in [7, 11) is 3.17. The maximum atomic E-state index is 12.4. The van der Waals surface area contributed by atoms with Crippen LogP contribution < -0.4 is 9.47 Å². The Hall–Kier alpha value is -1.97. The molecule has 2 rings (SSSR count). The molecule has 0 unspecified atom stereocenters. The predicted octanol–water partition coefficient (Wildman–Crippen LogP) is 3.99. The molecule has 0 heterocycles. The maximum absolute atomic E-state index is 12.4. The Bertz CT molecular complexity index is 612. The second-order valence-electron chi connectivity index (χ2n) is 6.83. The van der Waals surface area contributed by atoms with E-state index in [0.29, 0.717) is 11.5 Å². The summed E-state index contributed by atoms with van der Waals surface area (Å²) < 4.78 is 16.2. The Morgan fingerprint density at radius 2 is 1.91 bits per heavy atom. The minimum atomic E-state index is -0.151. The van der Waals surface area contributed by atoms with E-state index in [4.69, 9.17) is 14.2 Å². The lowest BCUT2D eigenvalue weighted by atomic mass is 10.1. The molecule has 126 valence electrons. The molecule has 1 aromatic carbocycles. The number of allylic oxidation sites excluding steroid dienone is 2. The van der Waals surface area contributed by atoms with E-state index >= 15 is 0 Å². The highest BCUT2D eigenvalue weighted by Crippen LogP contribution is 2.59. The summed E-state index contributed by atoms with van der Waals surface area (Å²) in [6.07, 6.45) is 2.16. The molecule has 4 nitrogen and oxygen atoms in total. The van der Waals surface area contributed by atoms with E-state index in [1.807, 2.05) is 18.2 Å². The van der Waals surface area contributed by atoms with Gasteiger partial charge in [-0.25, -0.2) is 0 Å². The fourth-order valence-corrected chi connectivity index (χ4v) is 3.10. The Morgan fingerprint density at radius 3 is 2.48 bits per heavy atom. The van der Waals surface area contributed by atoms with Crippen molar-refractivity contribution >= 4 is 5.97 Å². The Kier molecular flexibility index (Phi) is 5.03. The zero-order valence-electron chi connectivity index (χ0n) is 14.8. The molecule has 1 aliphatic rings. The number of benzene rings is 1. The van der Waals surface area contributed by atoms with Gasteiger partial charge < -0.3 is 14.2 Å². The lowest BCUT2D eigenvalue weighted by Crippen LogP contribution is -2.11. The van der Waals surface area contributed by atoms with Crippen LogP contribution in [0.25, 0.3) is 0 Å². The van der Waals surface area contributed by atoms with Gasteiger partial charge in [-0.2, -0.15) is 0 Å².